The van der Waals surface area contributed by atoms with Crippen molar-refractivity contribution < 1.29 is 9.64 Å². The molecule has 0 spiro atoms. The average Bonchev–Trinajstić information content (AvgIpc) is 2.51. The van der Waals surface area contributed by atoms with Crippen molar-refractivity contribution in [2.75, 3.05) is 26.2 Å². The molecule has 1 aromatic carbocycles. The van der Waals surface area contributed by atoms with Crippen LogP contribution < -0.4 is 4.90 Å². The number of ether oxygens (including phenoxy) is 1. The molecule has 0 amide bonds. The maximum Gasteiger partial charge on any atom is 0.187 e. The molecule has 0 saturated heterocycles. The second-order valence-electron chi connectivity index (χ2n) is 5.67. The Kier molecular flexibility index (Phi) is 4.80. The maximum absolute atomic E-state index is 9.83. The molecule has 0 radical (unpaired) electrons. The van der Waals surface area contributed by atoms with E-state index in [2.05, 4.69) is 39.0 Å². The van der Waals surface area contributed by atoms with Crippen molar-refractivity contribution in [3.05, 3.63) is 35.4 Å². The van der Waals surface area contributed by atoms with Crippen molar-refractivity contribution in [3.63, 3.8) is 0 Å². The van der Waals surface area contributed by atoms with Crippen LogP contribution in [0.5, 0.6) is 0 Å². The molecule has 1 aromatic rings. The van der Waals surface area contributed by atoms with Gasteiger partial charge in [-0.05, 0) is 25.8 Å². The molecule has 0 unspecified atom stereocenters. The molecule has 2 rings (SSSR count). The van der Waals surface area contributed by atoms with Crippen molar-refractivity contribution in [2.45, 2.75) is 32.8 Å². The topological polar surface area (TPSA) is 37.5 Å². The van der Waals surface area contributed by atoms with Crippen LogP contribution >= 0.6 is 0 Å². The highest BCUT2D eigenvalue weighted by Crippen LogP contribution is 2.38. The van der Waals surface area contributed by atoms with E-state index in [-0.39, 0.29) is 5.92 Å². The predicted octanol–water partition coefficient (Wildman–Crippen LogP) is 1.54. The van der Waals surface area contributed by atoms with Gasteiger partial charge < -0.3 is 9.64 Å². The van der Waals surface area contributed by atoms with Crippen LogP contribution in [0.4, 0.5) is 0 Å². The second kappa shape index (κ2) is 6.39. The molecule has 0 aliphatic carbocycles. The van der Waals surface area contributed by atoms with Gasteiger partial charge in [0.1, 0.15) is 6.07 Å². The first-order valence-electron chi connectivity index (χ1n) is 7.65. The molecular formula is C17H25N2O+. The Labute approximate surface area is 122 Å². The highest BCUT2D eigenvalue weighted by Gasteiger charge is 2.44. The number of rotatable bonds is 5. The van der Waals surface area contributed by atoms with E-state index in [9.17, 15) is 5.26 Å². The van der Waals surface area contributed by atoms with E-state index < -0.39 is 5.60 Å². The SMILES string of the molecule is CC[NH+](CC)C[C@H](C)[C@@]1(C#N)OCCc2ccccc21. The fourth-order valence-corrected chi connectivity index (χ4v) is 3.23. The minimum absolute atomic E-state index is 0.184. The summed E-state index contributed by atoms with van der Waals surface area (Å²) in [6.07, 6.45) is 0.907. The molecule has 20 heavy (non-hydrogen) atoms. The van der Waals surface area contributed by atoms with Gasteiger partial charge in [-0.2, -0.15) is 5.26 Å². The van der Waals surface area contributed by atoms with Gasteiger partial charge in [0.05, 0.1) is 32.2 Å². The van der Waals surface area contributed by atoms with E-state index in [1.165, 1.54) is 10.5 Å². The number of fused-ring (bicyclic) bond motifs is 1. The number of nitrogens with zero attached hydrogens (tertiary/aromatic N) is 1. The lowest BCUT2D eigenvalue weighted by Gasteiger charge is -2.38. The molecular weight excluding hydrogens is 248 g/mol. The smallest absolute Gasteiger partial charge is 0.187 e. The van der Waals surface area contributed by atoms with Crippen LogP contribution in [-0.2, 0) is 16.8 Å². The molecule has 1 N–H and O–H groups in total. The predicted molar refractivity (Wildman–Crippen MR) is 79.5 cm³/mol. The lowest BCUT2D eigenvalue weighted by atomic mass is 9.78. The number of hydrogen-bond acceptors (Lipinski definition) is 2. The standard InChI is InChI=1S/C17H24N2O/c1-4-19(5-2)12-14(3)17(13-18)16-9-7-6-8-15(16)10-11-20-17/h6-9,14H,4-5,10-12H2,1-3H3/p+1/t14-,17+/m0/s1. The molecule has 3 nitrogen and oxygen atoms in total. The molecule has 2 atom stereocenters. The van der Waals surface area contributed by atoms with Gasteiger partial charge in [-0.3, -0.25) is 0 Å². The molecule has 1 aliphatic heterocycles. The van der Waals surface area contributed by atoms with Crippen LogP contribution in [0, 0.1) is 17.2 Å². The Bertz CT molecular complexity index is 490. The molecule has 108 valence electrons. The van der Waals surface area contributed by atoms with Crippen LogP contribution in [0.3, 0.4) is 0 Å². The van der Waals surface area contributed by atoms with Crippen molar-refractivity contribution in [1.82, 2.24) is 0 Å². The van der Waals surface area contributed by atoms with Crippen molar-refractivity contribution >= 4 is 0 Å². The molecule has 1 heterocycles. The van der Waals surface area contributed by atoms with Crippen molar-refractivity contribution in [3.8, 4) is 6.07 Å². The van der Waals surface area contributed by atoms with E-state index in [0.717, 1.165) is 31.6 Å². The third kappa shape index (κ3) is 2.59. The minimum atomic E-state index is -0.773. The van der Waals surface area contributed by atoms with E-state index in [1.54, 1.807) is 0 Å². The quantitative estimate of drug-likeness (QED) is 0.883. The highest BCUT2D eigenvalue weighted by molar-refractivity contribution is 5.39. The van der Waals surface area contributed by atoms with E-state index in [0.29, 0.717) is 6.61 Å². The molecule has 3 heteroatoms. The van der Waals surface area contributed by atoms with Gasteiger partial charge >= 0.3 is 0 Å². The van der Waals surface area contributed by atoms with E-state index >= 15 is 0 Å². The minimum Gasteiger partial charge on any atom is -0.355 e. The van der Waals surface area contributed by atoms with Crippen LogP contribution in [0.1, 0.15) is 31.9 Å². The average molecular weight is 273 g/mol. The van der Waals surface area contributed by atoms with Gasteiger partial charge in [0.2, 0.25) is 0 Å². The molecule has 0 saturated carbocycles. The molecule has 0 bridgehead atoms. The number of quaternary nitrogens is 1. The number of benzene rings is 1. The summed E-state index contributed by atoms with van der Waals surface area (Å²) < 4.78 is 6.02. The monoisotopic (exact) mass is 273 g/mol. The summed E-state index contributed by atoms with van der Waals surface area (Å²) in [7, 11) is 0. The first-order valence-corrected chi connectivity index (χ1v) is 7.65. The number of nitrogens with one attached hydrogen (secondary N) is 1. The summed E-state index contributed by atoms with van der Waals surface area (Å²) in [5, 5.41) is 9.83. The van der Waals surface area contributed by atoms with Crippen molar-refractivity contribution in [2.24, 2.45) is 5.92 Å². The van der Waals surface area contributed by atoms with Crippen LogP contribution in [0.25, 0.3) is 0 Å². The number of hydrogen-bond donors (Lipinski definition) is 1. The normalized spacial score (nSPS) is 23.1. The van der Waals surface area contributed by atoms with Gasteiger partial charge in [0, 0.05) is 5.56 Å². The first-order chi connectivity index (χ1) is 9.67. The van der Waals surface area contributed by atoms with Gasteiger partial charge in [0.15, 0.2) is 5.60 Å². The Hall–Kier alpha value is -1.37. The van der Waals surface area contributed by atoms with Crippen LogP contribution in [0.15, 0.2) is 24.3 Å². The lowest BCUT2D eigenvalue weighted by Crippen LogP contribution is -3.12. The maximum atomic E-state index is 9.83. The van der Waals surface area contributed by atoms with E-state index in [1.807, 2.05) is 12.1 Å². The van der Waals surface area contributed by atoms with Gasteiger partial charge in [-0.15, -0.1) is 0 Å². The summed E-state index contributed by atoms with van der Waals surface area (Å²) >= 11 is 0. The summed E-state index contributed by atoms with van der Waals surface area (Å²) in [4.78, 5) is 1.51. The van der Waals surface area contributed by atoms with E-state index in [4.69, 9.17) is 4.74 Å². The third-order valence-corrected chi connectivity index (χ3v) is 4.57. The molecule has 1 aliphatic rings. The Morgan fingerprint density at radius 3 is 2.70 bits per heavy atom. The van der Waals surface area contributed by atoms with Crippen LogP contribution in [0.2, 0.25) is 0 Å². The summed E-state index contributed by atoms with van der Waals surface area (Å²) in [6, 6.07) is 10.7. The Balaban J connectivity index is 2.33. The largest absolute Gasteiger partial charge is 0.355 e. The zero-order valence-electron chi connectivity index (χ0n) is 12.8. The Morgan fingerprint density at radius 1 is 1.35 bits per heavy atom. The third-order valence-electron chi connectivity index (χ3n) is 4.57. The van der Waals surface area contributed by atoms with Crippen molar-refractivity contribution in [1.29, 1.82) is 5.26 Å². The molecule has 0 aromatic heterocycles. The first kappa shape index (κ1) is 15.0. The zero-order valence-corrected chi connectivity index (χ0v) is 12.8. The summed E-state index contributed by atoms with van der Waals surface area (Å²) in [5.74, 6) is 0.184. The number of nitriles is 1. The molecule has 0 fully saturated rings. The zero-order chi connectivity index (χ0) is 14.6. The fourth-order valence-electron chi connectivity index (χ4n) is 3.23. The summed E-state index contributed by atoms with van der Waals surface area (Å²) in [5.41, 5.74) is 1.57. The fraction of sp³-hybridized carbons (Fsp3) is 0.588. The van der Waals surface area contributed by atoms with Gasteiger partial charge in [-0.25, -0.2) is 0 Å². The summed E-state index contributed by atoms with van der Waals surface area (Å²) in [6.45, 7) is 10.3. The van der Waals surface area contributed by atoms with Gasteiger partial charge in [0.25, 0.3) is 0 Å². The lowest BCUT2D eigenvalue weighted by molar-refractivity contribution is -0.900. The van der Waals surface area contributed by atoms with Crippen LogP contribution in [-0.4, -0.2) is 26.2 Å². The Morgan fingerprint density at radius 2 is 2.05 bits per heavy atom. The van der Waals surface area contributed by atoms with Gasteiger partial charge in [-0.1, -0.05) is 31.2 Å². The highest BCUT2D eigenvalue weighted by atomic mass is 16.5. The second-order valence-corrected chi connectivity index (χ2v) is 5.67.